The number of hydrogen-bond acceptors (Lipinski definition) is 4. The number of hydrogen-bond donors (Lipinski definition) is 3. The minimum absolute atomic E-state index is 0.0429. The van der Waals surface area contributed by atoms with E-state index in [0.717, 1.165) is 12.8 Å². The fourth-order valence-corrected chi connectivity index (χ4v) is 2.53. The maximum Gasteiger partial charge on any atom is 0.224 e. The molecular weight excluding hydrogens is 184 g/mol. The van der Waals surface area contributed by atoms with Gasteiger partial charge in [0.05, 0.1) is 18.6 Å². The van der Waals surface area contributed by atoms with Gasteiger partial charge in [-0.2, -0.15) is 0 Å². The van der Waals surface area contributed by atoms with Crippen LogP contribution in [0.1, 0.15) is 19.3 Å². The lowest BCUT2D eigenvalue weighted by molar-refractivity contribution is -0.129. The molecule has 4 N–H and O–H groups in total. The molecule has 0 spiro atoms. The number of aliphatic hydroxyl groups excluding tert-OH is 1. The number of fused-ring (bicyclic) bond motifs is 2. The maximum absolute atomic E-state index is 11.2. The molecular formula is C9H16N2O3. The van der Waals surface area contributed by atoms with Crippen molar-refractivity contribution in [1.82, 2.24) is 5.32 Å². The fourth-order valence-electron chi connectivity index (χ4n) is 2.53. The van der Waals surface area contributed by atoms with Crippen molar-refractivity contribution in [1.29, 1.82) is 0 Å². The molecule has 1 amide bonds. The zero-order valence-corrected chi connectivity index (χ0v) is 8.03. The van der Waals surface area contributed by atoms with E-state index in [0.29, 0.717) is 13.0 Å². The van der Waals surface area contributed by atoms with Gasteiger partial charge in [0.25, 0.3) is 0 Å². The maximum atomic E-state index is 11.2. The monoisotopic (exact) mass is 200 g/mol. The minimum atomic E-state index is -0.584. The highest BCUT2D eigenvalue weighted by molar-refractivity contribution is 5.78. The Balaban J connectivity index is 2.09. The number of ether oxygens (including phenoxy) is 1. The van der Waals surface area contributed by atoms with Crippen molar-refractivity contribution in [3.8, 4) is 0 Å². The number of aliphatic hydroxyl groups is 1. The second-order valence-electron chi connectivity index (χ2n) is 4.01. The predicted octanol–water partition coefficient (Wildman–Crippen LogP) is -1.05. The molecule has 5 heteroatoms. The van der Waals surface area contributed by atoms with Gasteiger partial charge in [0.1, 0.15) is 5.72 Å². The molecule has 3 atom stereocenters. The molecule has 5 nitrogen and oxygen atoms in total. The van der Waals surface area contributed by atoms with Crippen LogP contribution in [0.25, 0.3) is 0 Å². The lowest BCUT2D eigenvalue weighted by Gasteiger charge is -2.31. The largest absolute Gasteiger partial charge is 0.395 e. The van der Waals surface area contributed by atoms with Gasteiger partial charge in [-0.15, -0.1) is 0 Å². The smallest absolute Gasteiger partial charge is 0.224 e. The second kappa shape index (κ2) is 3.49. The highest BCUT2D eigenvalue weighted by Crippen LogP contribution is 2.45. The van der Waals surface area contributed by atoms with Crippen molar-refractivity contribution in [3.05, 3.63) is 0 Å². The van der Waals surface area contributed by atoms with E-state index >= 15 is 0 Å². The van der Waals surface area contributed by atoms with Crippen molar-refractivity contribution >= 4 is 5.91 Å². The summed E-state index contributed by atoms with van der Waals surface area (Å²) in [6.07, 6.45) is 2.67. The third-order valence-corrected chi connectivity index (χ3v) is 3.16. The first-order valence-electron chi connectivity index (χ1n) is 5.01. The molecule has 80 valence electrons. The van der Waals surface area contributed by atoms with E-state index in [4.69, 9.17) is 15.6 Å². The lowest BCUT2D eigenvalue weighted by atomic mass is 9.83. The summed E-state index contributed by atoms with van der Waals surface area (Å²) in [4.78, 5) is 11.2. The van der Waals surface area contributed by atoms with Crippen molar-refractivity contribution in [2.24, 2.45) is 11.7 Å². The molecule has 0 aliphatic carbocycles. The number of carbonyl (C=O) groups is 1. The highest BCUT2D eigenvalue weighted by Gasteiger charge is 2.55. The van der Waals surface area contributed by atoms with Crippen molar-refractivity contribution in [3.63, 3.8) is 0 Å². The van der Waals surface area contributed by atoms with E-state index in [1.807, 2.05) is 0 Å². The molecule has 0 aromatic heterocycles. The fraction of sp³-hybridized carbons (Fsp3) is 0.889. The lowest BCUT2D eigenvalue weighted by Crippen LogP contribution is -2.53. The molecule has 2 rings (SSSR count). The molecule has 0 aromatic carbocycles. The summed E-state index contributed by atoms with van der Waals surface area (Å²) in [5.41, 5.74) is 4.74. The first kappa shape index (κ1) is 9.89. The molecule has 2 heterocycles. The van der Waals surface area contributed by atoms with Crippen molar-refractivity contribution < 1.29 is 14.6 Å². The van der Waals surface area contributed by atoms with Crippen LogP contribution in [0.15, 0.2) is 0 Å². The third-order valence-electron chi connectivity index (χ3n) is 3.16. The summed E-state index contributed by atoms with van der Waals surface area (Å²) < 4.78 is 5.71. The second-order valence-corrected chi connectivity index (χ2v) is 4.01. The Labute approximate surface area is 82.6 Å². The van der Waals surface area contributed by atoms with Crippen LogP contribution in [-0.2, 0) is 9.53 Å². The van der Waals surface area contributed by atoms with Gasteiger partial charge in [0.15, 0.2) is 0 Å². The van der Waals surface area contributed by atoms with E-state index in [1.54, 1.807) is 0 Å². The number of carbonyl (C=O) groups excluding carboxylic acids is 1. The Morgan fingerprint density at radius 2 is 2.50 bits per heavy atom. The standard InChI is InChI=1S/C9H16N2O3/c10-8(13)7-5-6-1-2-9(7,14-6)11-3-4-12/h6-7,11-12H,1-5H2,(H2,10,13). The molecule has 2 fully saturated rings. The Bertz CT molecular complexity index is 246. The third kappa shape index (κ3) is 1.41. The van der Waals surface area contributed by atoms with Crippen LogP contribution < -0.4 is 11.1 Å². The normalized spacial score (nSPS) is 40.4. The van der Waals surface area contributed by atoms with Gasteiger partial charge in [0.2, 0.25) is 5.91 Å². The molecule has 2 bridgehead atoms. The molecule has 2 saturated heterocycles. The van der Waals surface area contributed by atoms with Gasteiger partial charge in [-0.3, -0.25) is 10.1 Å². The molecule has 0 saturated carbocycles. The molecule has 0 radical (unpaired) electrons. The van der Waals surface area contributed by atoms with Crippen LogP contribution in [0.5, 0.6) is 0 Å². The van der Waals surface area contributed by atoms with Crippen LogP contribution in [0.4, 0.5) is 0 Å². The Hall–Kier alpha value is -0.650. The summed E-state index contributed by atoms with van der Waals surface area (Å²) in [6.45, 7) is 0.484. The molecule has 2 aliphatic heterocycles. The number of primary amides is 1. The van der Waals surface area contributed by atoms with Gasteiger partial charge in [-0.25, -0.2) is 0 Å². The average molecular weight is 200 g/mol. The first-order valence-corrected chi connectivity index (χ1v) is 5.01. The van der Waals surface area contributed by atoms with Crippen LogP contribution in [0.2, 0.25) is 0 Å². The summed E-state index contributed by atoms with van der Waals surface area (Å²) in [5, 5.41) is 11.8. The number of rotatable bonds is 4. The minimum Gasteiger partial charge on any atom is -0.395 e. The topological polar surface area (TPSA) is 84.6 Å². The molecule has 0 aromatic rings. The molecule has 2 aliphatic rings. The summed E-state index contributed by atoms with van der Waals surface area (Å²) in [6, 6.07) is 0. The summed E-state index contributed by atoms with van der Waals surface area (Å²) >= 11 is 0. The van der Waals surface area contributed by atoms with Crippen molar-refractivity contribution in [2.45, 2.75) is 31.1 Å². The molecule has 3 unspecified atom stereocenters. The van der Waals surface area contributed by atoms with Gasteiger partial charge in [-0.1, -0.05) is 0 Å². The predicted molar refractivity (Wildman–Crippen MR) is 49.2 cm³/mol. The Morgan fingerprint density at radius 1 is 1.71 bits per heavy atom. The van der Waals surface area contributed by atoms with Crippen LogP contribution in [0, 0.1) is 5.92 Å². The van der Waals surface area contributed by atoms with Gasteiger partial charge >= 0.3 is 0 Å². The van der Waals surface area contributed by atoms with Crippen LogP contribution >= 0.6 is 0 Å². The average Bonchev–Trinajstić information content (AvgIpc) is 2.71. The quantitative estimate of drug-likeness (QED) is 0.540. The SMILES string of the molecule is NC(=O)C1CC2CCC1(NCCO)O2. The molecule has 14 heavy (non-hydrogen) atoms. The van der Waals surface area contributed by atoms with Gasteiger partial charge in [-0.05, 0) is 19.3 Å². The zero-order chi connectivity index (χ0) is 10.2. The van der Waals surface area contributed by atoms with Gasteiger partial charge in [0, 0.05) is 6.54 Å². The van der Waals surface area contributed by atoms with E-state index in [-0.39, 0.29) is 24.5 Å². The Morgan fingerprint density at radius 3 is 3.07 bits per heavy atom. The number of amides is 1. The van der Waals surface area contributed by atoms with E-state index < -0.39 is 5.72 Å². The summed E-state index contributed by atoms with van der Waals surface area (Å²) in [7, 11) is 0. The first-order chi connectivity index (χ1) is 6.68. The highest BCUT2D eigenvalue weighted by atomic mass is 16.5. The number of nitrogens with one attached hydrogen (secondary N) is 1. The van der Waals surface area contributed by atoms with E-state index in [9.17, 15) is 4.79 Å². The number of nitrogens with two attached hydrogens (primary N) is 1. The van der Waals surface area contributed by atoms with Crippen LogP contribution in [-0.4, -0.2) is 36.0 Å². The van der Waals surface area contributed by atoms with E-state index in [2.05, 4.69) is 5.32 Å². The van der Waals surface area contributed by atoms with Crippen LogP contribution in [0.3, 0.4) is 0 Å². The Kier molecular flexibility index (Phi) is 2.47. The zero-order valence-electron chi connectivity index (χ0n) is 8.03. The van der Waals surface area contributed by atoms with E-state index in [1.165, 1.54) is 0 Å². The summed E-state index contributed by atoms with van der Waals surface area (Å²) in [5.74, 6) is -0.551. The van der Waals surface area contributed by atoms with Crippen molar-refractivity contribution in [2.75, 3.05) is 13.2 Å². The van der Waals surface area contributed by atoms with Gasteiger partial charge < -0.3 is 15.6 Å².